The Bertz CT molecular complexity index is 279. The lowest BCUT2D eigenvalue weighted by Crippen LogP contribution is -2.48. The number of ether oxygens (including phenoxy) is 3. The van der Waals surface area contributed by atoms with Crippen LogP contribution in [-0.2, 0) is 27.5 Å². The summed E-state index contributed by atoms with van der Waals surface area (Å²) in [6.45, 7) is 14.3. The molecule has 0 bridgehead atoms. The van der Waals surface area contributed by atoms with Crippen molar-refractivity contribution in [2.45, 2.75) is 85.1 Å². The molecule has 6 nitrogen and oxygen atoms in total. The zero-order valence-electron chi connectivity index (χ0n) is 19.7. The van der Waals surface area contributed by atoms with Crippen molar-refractivity contribution in [2.24, 2.45) is 0 Å². The number of hydrogen-bond acceptors (Lipinski definition) is 6. The summed E-state index contributed by atoms with van der Waals surface area (Å²) in [5, 5.41) is 0. The summed E-state index contributed by atoms with van der Waals surface area (Å²) >= 11 is 0. The molecule has 0 spiro atoms. The molecule has 0 fully saturated rings. The molecule has 0 aliphatic carbocycles. The first-order chi connectivity index (χ1) is 14.2. The van der Waals surface area contributed by atoms with Crippen LogP contribution in [0.1, 0.15) is 79.1 Å². The Morgan fingerprint density at radius 3 is 1.07 bits per heavy atom. The summed E-state index contributed by atoms with van der Waals surface area (Å²) in [6.07, 6.45) is 8.75. The van der Waals surface area contributed by atoms with E-state index in [2.05, 4.69) is 27.7 Å². The van der Waals surface area contributed by atoms with Crippen LogP contribution in [-0.4, -0.2) is 68.3 Å². The molecule has 0 aliphatic rings. The smallest absolute Gasteiger partial charge is 0.379 e. The third-order valence-corrected chi connectivity index (χ3v) is 7.31. The van der Waals surface area contributed by atoms with Gasteiger partial charge in [-0.2, -0.15) is 0 Å². The van der Waals surface area contributed by atoms with Gasteiger partial charge >= 0.3 is 8.80 Å². The molecule has 0 aliphatic heterocycles. The molecule has 0 unspecified atom stereocenters. The topological polar surface area (TPSA) is 55.4 Å². The van der Waals surface area contributed by atoms with Gasteiger partial charge in [-0.1, -0.05) is 53.4 Å². The van der Waals surface area contributed by atoms with Crippen LogP contribution in [0.3, 0.4) is 0 Å². The van der Waals surface area contributed by atoms with Gasteiger partial charge < -0.3 is 27.5 Å². The standard InChI is InChI=1S/C22H48O6Si/c1-5-9-13-23-16-19-26-29(22-12-8-4,27-20-17-24-14-10-6-2)28-21-18-25-15-11-7-3/h5-22H2,1-4H3. The zero-order valence-corrected chi connectivity index (χ0v) is 20.7. The fourth-order valence-electron chi connectivity index (χ4n) is 2.55. The molecule has 0 aromatic carbocycles. The summed E-state index contributed by atoms with van der Waals surface area (Å²) in [4.78, 5) is 0. The predicted octanol–water partition coefficient (Wildman–Crippen LogP) is 5.23. The fourth-order valence-corrected chi connectivity index (χ4v) is 5.20. The molecule has 7 heteroatoms. The third kappa shape index (κ3) is 18.5. The molecule has 0 heterocycles. The zero-order chi connectivity index (χ0) is 21.5. The molecule has 0 saturated carbocycles. The Hall–Kier alpha value is -0.0231. The second-order valence-electron chi connectivity index (χ2n) is 7.23. The summed E-state index contributed by atoms with van der Waals surface area (Å²) in [5.74, 6) is 0. The van der Waals surface area contributed by atoms with E-state index in [1.807, 2.05) is 0 Å². The van der Waals surface area contributed by atoms with Crippen LogP contribution in [0.4, 0.5) is 0 Å². The summed E-state index contributed by atoms with van der Waals surface area (Å²) < 4.78 is 35.6. The monoisotopic (exact) mass is 436 g/mol. The van der Waals surface area contributed by atoms with E-state index in [1.54, 1.807) is 0 Å². The second kappa shape index (κ2) is 22.7. The van der Waals surface area contributed by atoms with Crippen LogP contribution in [0.2, 0.25) is 6.04 Å². The molecule has 0 aromatic heterocycles. The lowest BCUT2D eigenvalue weighted by atomic mass is 10.4. The van der Waals surface area contributed by atoms with Gasteiger partial charge in [-0.25, -0.2) is 0 Å². The van der Waals surface area contributed by atoms with Crippen molar-refractivity contribution in [3.05, 3.63) is 0 Å². The molecular formula is C22H48O6Si. The maximum atomic E-state index is 6.23. The minimum absolute atomic E-state index is 0.507. The normalized spacial score (nSPS) is 12.0. The van der Waals surface area contributed by atoms with E-state index in [4.69, 9.17) is 27.5 Å². The highest BCUT2D eigenvalue weighted by Gasteiger charge is 2.40. The Morgan fingerprint density at radius 2 is 0.759 bits per heavy atom. The van der Waals surface area contributed by atoms with Crippen LogP contribution in [0.15, 0.2) is 0 Å². The van der Waals surface area contributed by atoms with Gasteiger partial charge in [-0.05, 0) is 25.7 Å². The quantitative estimate of drug-likeness (QED) is 0.153. The lowest BCUT2D eigenvalue weighted by Gasteiger charge is -2.30. The van der Waals surface area contributed by atoms with Gasteiger partial charge in [0.15, 0.2) is 0 Å². The Labute approximate surface area is 181 Å². The minimum Gasteiger partial charge on any atom is -0.379 e. The van der Waals surface area contributed by atoms with Crippen LogP contribution >= 0.6 is 0 Å². The number of hydrogen-bond donors (Lipinski definition) is 0. The van der Waals surface area contributed by atoms with Crippen molar-refractivity contribution in [1.29, 1.82) is 0 Å². The minimum atomic E-state index is -2.76. The van der Waals surface area contributed by atoms with Crippen molar-refractivity contribution < 1.29 is 27.5 Å². The van der Waals surface area contributed by atoms with E-state index in [0.29, 0.717) is 39.6 Å². The molecule has 0 atom stereocenters. The highest BCUT2D eigenvalue weighted by Crippen LogP contribution is 2.19. The molecule has 0 amide bonds. The first-order valence-corrected chi connectivity index (χ1v) is 13.8. The van der Waals surface area contributed by atoms with Crippen molar-refractivity contribution in [1.82, 2.24) is 0 Å². The number of rotatable bonds is 24. The van der Waals surface area contributed by atoms with Crippen molar-refractivity contribution in [3.8, 4) is 0 Å². The second-order valence-corrected chi connectivity index (χ2v) is 9.96. The van der Waals surface area contributed by atoms with Gasteiger partial charge in [0.05, 0.1) is 39.6 Å². The van der Waals surface area contributed by atoms with Crippen molar-refractivity contribution in [3.63, 3.8) is 0 Å². The molecule has 0 saturated heterocycles. The summed E-state index contributed by atoms with van der Waals surface area (Å²) in [6, 6.07) is 0.822. The Kier molecular flexibility index (Phi) is 22.6. The van der Waals surface area contributed by atoms with E-state index in [0.717, 1.165) is 77.2 Å². The number of unbranched alkanes of at least 4 members (excludes halogenated alkanes) is 4. The van der Waals surface area contributed by atoms with Gasteiger partial charge in [0, 0.05) is 25.9 Å². The molecular weight excluding hydrogens is 388 g/mol. The van der Waals surface area contributed by atoms with Gasteiger partial charge in [-0.3, -0.25) is 0 Å². The van der Waals surface area contributed by atoms with E-state index < -0.39 is 8.80 Å². The largest absolute Gasteiger partial charge is 0.501 e. The summed E-state index contributed by atoms with van der Waals surface area (Å²) in [7, 11) is -2.76. The summed E-state index contributed by atoms with van der Waals surface area (Å²) in [5.41, 5.74) is 0. The van der Waals surface area contributed by atoms with Crippen molar-refractivity contribution in [2.75, 3.05) is 59.5 Å². The van der Waals surface area contributed by atoms with E-state index in [9.17, 15) is 0 Å². The van der Waals surface area contributed by atoms with Crippen LogP contribution in [0.25, 0.3) is 0 Å². The average Bonchev–Trinajstić information content (AvgIpc) is 2.74. The molecule has 0 rings (SSSR count). The van der Waals surface area contributed by atoms with Gasteiger partial charge in [0.2, 0.25) is 0 Å². The van der Waals surface area contributed by atoms with E-state index in [-0.39, 0.29) is 0 Å². The lowest BCUT2D eigenvalue weighted by molar-refractivity contribution is -0.000335. The highest BCUT2D eigenvalue weighted by molar-refractivity contribution is 6.60. The van der Waals surface area contributed by atoms with Crippen LogP contribution < -0.4 is 0 Å². The maximum Gasteiger partial charge on any atom is 0.501 e. The van der Waals surface area contributed by atoms with Crippen LogP contribution in [0.5, 0.6) is 0 Å². The predicted molar refractivity (Wildman–Crippen MR) is 121 cm³/mol. The molecule has 0 aromatic rings. The fraction of sp³-hybridized carbons (Fsp3) is 1.00. The average molecular weight is 437 g/mol. The van der Waals surface area contributed by atoms with Crippen molar-refractivity contribution >= 4 is 8.80 Å². The SMILES string of the molecule is CCCCOCCO[Si](CCCC)(OCCOCCCC)OCCOCCCC. The highest BCUT2D eigenvalue weighted by atomic mass is 28.4. The Morgan fingerprint density at radius 1 is 0.414 bits per heavy atom. The first kappa shape index (κ1) is 29.0. The van der Waals surface area contributed by atoms with E-state index in [1.165, 1.54) is 0 Å². The molecule has 29 heavy (non-hydrogen) atoms. The van der Waals surface area contributed by atoms with Gasteiger partial charge in [-0.15, -0.1) is 0 Å². The maximum absolute atomic E-state index is 6.23. The van der Waals surface area contributed by atoms with Gasteiger partial charge in [0.25, 0.3) is 0 Å². The Balaban J connectivity index is 4.52. The van der Waals surface area contributed by atoms with Gasteiger partial charge in [0.1, 0.15) is 0 Å². The van der Waals surface area contributed by atoms with Crippen LogP contribution in [0, 0.1) is 0 Å². The van der Waals surface area contributed by atoms with E-state index >= 15 is 0 Å². The first-order valence-electron chi connectivity index (χ1n) is 11.9. The molecule has 176 valence electrons. The molecule has 0 N–H and O–H groups in total. The third-order valence-electron chi connectivity index (χ3n) is 4.41. The molecule has 0 radical (unpaired) electrons.